The zero-order valence-electron chi connectivity index (χ0n) is 10.7. The van der Waals surface area contributed by atoms with Crippen molar-refractivity contribution < 1.29 is 4.79 Å². The Morgan fingerprint density at radius 2 is 1.88 bits per heavy atom. The first-order chi connectivity index (χ1) is 7.68. The zero-order valence-corrected chi connectivity index (χ0v) is 10.7. The summed E-state index contributed by atoms with van der Waals surface area (Å²) in [5.74, 6) is 2.96. The molecule has 1 saturated heterocycles. The molecular weight excluding hydrogens is 198 g/mol. The fraction of sp³-hybridized carbons (Fsp3) is 0.929. The van der Waals surface area contributed by atoms with Crippen molar-refractivity contribution in [1.29, 1.82) is 0 Å². The Bertz CT molecular complexity index is 251. The van der Waals surface area contributed by atoms with Crippen LogP contribution in [0.5, 0.6) is 0 Å². The van der Waals surface area contributed by atoms with Gasteiger partial charge in [-0.1, -0.05) is 26.7 Å². The lowest BCUT2D eigenvalue weighted by Crippen LogP contribution is -2.36. The van der Waals surface area contributed by atoms with E-state index in [1.807, 2.05) is 0 Å². The van der Waals surface area contributed by atoms with Gasteiger partial charge in [0.05, 0.1) is 0 Å². The van der Waals surface area contributed by atoms with Crippen LogP contribution in [0.1, 0.15) is 52.4 Å². The molecule has 2 rings (SSSR count). The van der Waals surface area contributed by atoms with E-state index in [9.17, 15) is 4.79 Å². The van der Waals surface area contributed by atoms with E-state index >= 15 is 0 Å². The van der Waals surface area contributed by atoms with Gasteiger partial charge in [0.15, 0.2) is 0 Å². The van der Waals surface area contributed by atoms with Crippen molar-refractivity contribution in [2.75, 3.05) is 6.54 Å². The Hall–Kier alpha value is -0.530. The third-order valence-electron chi connectivity index (χ3n) is 4.79. The predicted octanol–water partition coefficient (Wildman–Crippen LogP) is 2.98. The van der Waals surface area contributed by atoms with Gasteiger partial charge in [-0.15, -0.1) is 0 Å². The van der Waals surface area contributed by atoms with Crippen molar-refractivity contribution in [3.8, 4) is 0 Å². The summed E-state index contributed by atoms with van der Waals surface area (Å²) in [6, 6.07) is 0. The Kier molecular flexibility index (Phi) is 3.88. The molecule has 0 aromatic carbocycles. The molecule has 1 saturated carbocycles. The Morgan fingerprint density at radius 1 is 1.06 bits per heavy atom. The minimum Gasteiger partial charge on any atom is -0.356 e. The smallest absolute Gasteiger partial charge is 0.223 e. The van der Waals surface area contributed by atoms with Crippen LogP contribution < -0.4 is 5.32 Å². The predicted molar refractivity (Wildman–Crippen MR) is 66.0 cm³/mol. The second kappa shape index (κ2) is 5.20. The van der Waals surface area contributed by atoms with Crippen LogP contribution in [0.2, 0.25) is 0 Å². The maximum atomic E-state index is 12.0. The van der Waals surface area contributed by atoms with Crippen LogP contribution in [-0.2, 0) is 4.79 Å². The summed E-state index contributed by atoms with van der Waals surface area (Å²) in [4.78, 5) is 12.0. The number of amides is 1. The average molecular weight is 223 g/mol. The van der Waals surface area contributed by atoms with Crippen LogP contribution in [0.25, 0.3) is 0 Å². The first kappa shape index (κ1) is 11.9. The van der Waals surface area contributed by atoms with Crippen LogP contribution in [0.4, 0.5) is 0 Å². The molecule has 2 heteroatoms. The van der Waals surface area contributed by atoms with E-state index in [1.165, 1.54) is 32.1 Å². The minimum absolute atomic E-state index is 0.317. The second-order valence-corrected chi connectivity index (χ2v) is 5.92. The van der Waals surface area contributed by atoms with E-state index in [4.69, 9.17) is 0 Å². The SMILES string of the molecule is CC1CCC(C2CCCCNC2=O)CC1C. The molecule has 4 unspecified atom stereocenters. The monoisotopic (exact) mass is 223 g/mol. The van der Waals surface area contributed by atoms with Crippen LogP contribution in [-0.4, -0.2) is 12.5 Å². The highest BCUT2D eigenvalue weighted by molar-refractivity contribution is 5.79. The van der Waals surface area contributed by atoms with Gasteiger partial charge in [-0.2, -0.15) is 0 Å². The average Bonchev–Trinajstić information content (AvgIpc) is 2.47. The summed E-state index contributed by atoms with van der Waals surface area (Å²) in [6.45, 7) is 5.60. The quantitative estimate of drug-likeness (QED) is 0.727. The first-order valence-corrected chi connectivity index (χ1v) is 6.96. The molecule has 0 spiro atoms. The number of carbonyl (C=O) groups excluding carboxylic acids is 1. The lowest BCUT2D eigenvalue weighted by Gasteiger charge is -2.35. The molecule has 0 aromatic rings. The highest BCUT2D eigenvalue weighted by Crippen LogP contribution is 2.39. The molecule has 0 radical (unpaired) electrons. The minimum atomic E-state index is 0.317. The maximum absolute atomic E-state index is 12.0. The number of hydrogen-bond donors (Lipinski definition) is 1. The van der Waals surface area contributed by atoms with Gasteiger partial charge in [-0.25, -0.2) is 0 Å². The molecule has 2 fully saturated rings. The van der Waals surface area contributed by atoms with E-state index in [1.54, 1.807) is 0 Å². The third-order valence-corrected chi connectivity index (χ3v) is 4.79. The molecule has 92 valence electrons. The number of hydrogen-bond acceptors (Lipinski definition) is 1. The van der Waals surface area contributed by atoms with Crippen molar-refractivity contribution in [2.45, 2.75) is 52.4 Å². The fourth-order valence-corrected chi connectivity index (χ4v) is 3.37. The van der Waals surface area contributed by atoms with E-state index in [0.717, 1.165) is 24.8 Å². The summed E-state index contributed by atoms with van der Waals surface area (Å²) in [7, 11) is 0. The van der Waals surface area contributed by atoms with E-state index in [0.29, 0.717) is 17.7 Å². The van der Waals surface area contributed by atoms with Crippen molar-refractivity contribution in [1.82, 2.24) is 5.32 Å². The normalized spacial score (nSPS) is 41.2. The topological polar surface area (TPSA) is 29.1 Å². The fourth-order valence-electron chi connectivity index (χ4n) is 3.37. The highest BCUT2D eigenvalue weighted by Gasteiger charge is 2.34. The van der Waals surface area contributed by atoms with Gasteiger partial charge in [0.2, 0.25) is 5.91 Å². The first-order valence-electron chi connectivity index (χ1n) is 6.96. The van der Waals surface area contributed by atoms with Crippen molar-refractivity contribution in [3.05, 3.63) is 0 Å². The summed E-state index contributed by atoms with van der Waals surface area (Å²) in [6.07, 6.45) is 7.36. The lowest BCUT2D eigenvalue weighted by atomic mass is 9.70. The van der Waals surface area contributed by atoms with E-state index in [-0.39, 0.29) is 0 Å². The van der Waals surface area contributed by atoms with Crippen LogP contribution in [0.3, 0.4) is 0 Å². The molecule has 1 amide bonds. The number of carbonyl (C=O) groups is 1. The Labute approximate surface area is 99.2 Å². The molecule has 1 heterocycles. The summed E-state index contributed by atoms with van der Waals surface area (Å²) >= 11 is 0. The molecule has 1 aliphatic carbocycles. The van der Waals surface area contributed by atoms with Gasteiger partial charge in [0.25, 0.3) is 0 Å². The molecule has 0 bridgehead atoms. The summed E-state index contributed by atoms with van der Waals surface area (Å²) in [5, 5.41) is 3.08. The zero-order chi connectivity index (χ0) is 11.5. The van der Waals surface area contributed by atoms with Crippen molar-refractivity contribution in [3.63, 3.8) is 0 Å². The van der Waals surface area contributed by atoms with Crippen LogP contribution in [0.15, 0.2) is 0 Å². The van der Waals surface area contributed by atoms with Crippen molar-refractivity contribution >= 4 is 5.91 Å². The van der Waals surface area contributed by atoms with Crippen LogP contribution in [0, 0.1) is 23.7 Å². The van der Waals surface area contributed by atoms with Gasteiger partial charge in [-0.3, -0.25) is 4.79 Å². The molecule has 2 aliphatic rings. The second-order valence-electron chi connectivity index (χ2n) is 5.92. The molecule has 16 heavy (non-hydrogen) atoms. The molecule has 0 aromatic heterocycles. The van der Waals surface area contributed by atoms with Gasteiger partial charge >= 0.3 is 0 Å². The molecule has 1 N–H and O–H groups in total. The maximum Gasteiger partial charge on any atom is 0.223 e. The molecule has 1 aliphatic heterocycles. The Balaban J connectivity index is 1.97. The van der Waals surface area contributed by atoms with Gasteiger partial charge in [-0.05, 0) is 43.4 Å². The Morgan fingerprint density at radius 3 is 2.62 bits per heavy atom. The van der Waals surface area contributed by atoms with E-state index < -0.39 is 0 Å². The molecule has 2 nitrogen and oxygen atoms in total. The summed E-state index contributed by atoms with van der Waals surface area (Å²) < 4.78 is 0. The van der Waals surface area contributed by atoms with E-state index in [2.05, 4.69) is 19.2 Å². The molecular formula is C14H25NO. The largest absolute Gasteiger partial charge is 0.356 e. The lowest BCUT2D eigenvalue weighted by molar-refractivity contribution is -0.127. The van der Waals surface area contributed by atoms with Gasteiger partial charge < -0.3 is 5.32 Å². The summed E-state index contributed by atoms with van der Waals surface area (Å²) in [5.41, 5.74) is 0. The highest BCUT2D eigenvalue weighted by atomic mass is 16.1. The third kappa shape index (κ3) is 2.58. The van der Waals surface area contributed by atoms with Crippen LogP contribution >= 0.6 is 0 Å². The van der Waals surface area contributed by atoms with Gasteiger partial charge in [0, 0.05) is 12.5 Å². The van der Waals surface area contributed by atoms with Crippen molar-refractivity contribution in [2.24, 2.45) is 23.7 Å². The molecule has 4 atom stereocenters. The number of rotatable bonds is 1. The van der Waals surface area contributed by atoms with Gasteiger partial charge in [0.1, 0.15) is 0 Å². The standard InChI is InChI=1S/C14H25NO/c1-10-6-7-12(9-11(10)2)13-5-3-4-8-15-14(13)16/h10-13H,3-9H2,1-2H3,(H,15,16). The number of nitrogens with one attached hydrogen (secondary N) is 1.